The number of hydrogen-bond donors (Lipinski definition) is 0. The topological polar surface area (TPSA) is 84.0 Å². The van der Waals surface area contributed by atoms with E-state index >= 15 is 0 Å². The first-order valence-corrected chi connectivity index (χ1v) is 15.1. The van der Waals surface area contributed by atoms with Crippen LogP contribution in [0.3, 0.4) is 0 Å². The van der Waals surface area contributed by atoms with Crippen LogP contribution < -0.4 is 14.5 Å². The number of imide groups is 1. The summed E-state index contributed by atoms with van der Waals surface area (Å²) < 4.78 is 5.64. The Morgan fingerprint density at radius 1 is 0.750 bits per heavy atom. The lowest BCUT2D eigenvalue weighted by Crippen LogP contribution is -2.41. The highest BCUT2D eigenvalue weighted by atomic mass is 35.5. The van der Waals surface area contributed by atoms with E-state index in [9.17, 15) is 19.2 Å². The second-order valence-electron chi connectivity index (χ2n) is 12.0. The predicted octanol–water partition coefficient (Wildman–Crippen LogP) is 6.00. The SMILES string of the molecule is Cc1ccc(N2C[C@@H](C(=O)Oc3ccc(N4C(=O)[C@@H]5C6c7ccccc7C(c7ccccc76)[C@@H]5C4=O)cc3)CC2=O)cc1Cl. The molecule has 0 N–H and O–H groups in total. The molecule has 7 nitrogen and oxygen atoms in total. The molecular formula is C36H27ClN2O5. The van der Waals surface area contributed by atoms with Gasteiger partial charge in [0.1, 0.15) is 5.75 Å². The van der Waals surface area contributed by atoms with Crippen LogP contribution >= 0.6 is 11.6 Å². The highest BCUT2D eigenvalue weighted by molar-refractivity contribution is 6.31. The average Bonchev–Trinajstić information content (AvgIpc) is 3.56. The van der Waals surface area contributed by atoms with Gasteiger partial charge in [0.25, 0.3) is 0 Å². The number of amides is 3. The minimum absolute atomic E-state index is 0.0368. The zero-order chi connectivity index (χ0) is 30.3. The van der Waals surface area contributed by atoms with Crippen LogP contribution in [0.15, 0.2) is 91.0 Å². The number of rotatable bonds is 4. The van der Waals surface area contributed by atoms with Crippen molar-refractivity contribution in [1.29, 1.82) is 0 Å². The van der Waals surface area contributed by atoms with Crippen LogP contribution in [0, 0.1) is 24.7 Å². The highest BCUT2D eigenvalue weighted by Crippen LogP contribution is 2.61. The van der Waals surface area contributed by atoms with Crippen molar-refractivity contribution >= 4 is 46.7 Å². The number of carbonyl (C=O) groups is 4. The van der Waals surface area contributed by atoms with E-state index in [1.807, 2.05) is 43.3 Å². The van der Waals surface area contributed by atoms with Gasteiger partial charge >= 0.3 is 5.97 Å². The van der Waals surface area contributed by atoms with E-state index in [1.165, 1.54) is 4.90 Å². The lowest BCUT2D eigenvalue weighted by Gasteiger charge is -2.45. The van der Waals surface area contributed by atoms with Crippen LogP contribution in [-0.2, 0) is 19.2 Å². The second kappa shape index (κ2) is 9.89. The number of carbonyl (C=O) groups excluding carboxylic acids is 4. The van der Waals surface area contributed by atoms with Crippen molar-refractivity contribution in [2.24, 2.45) is 17.8 Å². The van der Waals surface area contributed by atoms with Crippen molar-refractivity contribution in [2.75, 3.05) is 16.3 Å². The van der Waals surface area contributed by atoms with E-state index in [0.717, 1.165) is 27.8 Å². The molecule has 4 aromatic carbocycles. The Morgan fingerprint density at radius 2 is 1.27 bits per heavy atom. The number of ether oxygens (including phenoxy) is 1. The fraction of sp³-hybridized carbons (Fsp3) is 0.222. The number of nitrogens with zero attached hydrogens (tertiary/aromatic N) is 2. The quantitative estimate of drug-likeness (QED) is 0.162. The van der Waals surface area contributed by atoms with Crippen molar-refractivity contribution in [3.05, 3.63) is 124 Å². The van der Waals surface area contributed by atoms with Crippen molar-refractivity contribution in [2.45, 2.75) is 25.2 Å². The Labute approximate surface area is 259 Å². The van der Waals surface area contributed by atoms with E-state index in [4.69, 9.17) is 16.3 Å². The molecule has 0 saturated carbocycles. The van der Waals surface area contributed by atoms with Crippen LogP contribution in [0.4, 0.5) is 11.4 Å². The van der Waals surface area contributed by atoms with Gasteiger partial charge in [-0.1, -0.05) is 66.2 Å². The lowest BCUT2D eigenvalue weighted by molar-refractivity contribution is -0.139. The van der Waals surface area contributed by atoms with Crippen LogP contribution in [0.25, 0.3) is 0 Å². The number of esters is 1. The van der Waals surface area contributed by atoms with Gasteiger partial charge in [-0.25, -0.2) is 4.90 Å². The monoisotopic (exact) mass is 602 g/mol. The summed E-state index contributed by atoms with van der Waals surface area (Å²) in [5.74, 6) is -2.75. The van der Waals surface area contributed by atoms with Gasteiger partial charge in [-0.05, 0) is 71.1 Å². The number of halogens is 1. The van der Waals surface area contributed by atoms with Crippen molar-refractivity contribution in [3.8, 4) is 5.75 Å². The fourth-order valence-electron chi connectivity index (χ4n) is 7.66. The molecule has 0 aromatic heterocycles. The third kappa shape index (κ3) is 3.88. The van der Waals surface area contributed by atoms with E-state index in [2.05, 4.69) is 24.3 Å². The summed E-state index contributed by atoms with van der Waals surface area (Å²) in [5, 5.41) is 0.553. The molecular weight excluding hydrogens is 576 g/mol. The predicted molar refractivity (Wildman–Crippen MR) is 165 cm³/mol. The number of benzene rings is 4. The first-order chi connectivity index (χ1) is 21.3. The van der Waals surface area contributed by atoms with Crippen LogP contribution in [0.5, 0.6) is 5.75 Å². The Kier molecular flexibility index (Phi) is 6.04. The normalized spacial score (nSPS) is 24.8. The number of aryl methyl sites for hydroxylation is 1. The maximum atomic E-state index is 14.0. The minimum Gasteiger partial charge on any atom is -0.426 e. The summed E-state index contributed by atoms with van der Waals surface area (Å²) >= 11 is 6.24. The molecule has 218 valence electrons. The Bertz CT molecular complexity index is 1790. The molecule has 3 atom stereocenters. The molecule has 2 fully saturated rings. The molecule has 2 saturated heterocycles. The third-order valence-corrected chi connectivity index (χ3v) is 10.1. The van der Waals surface area contributed by atoms with Gasteiger partial charge in [-0.2, -0.15) is 0 Å². The molecule has 2 bridgehead atoms. The van der Waals surface area contributed by atoms with E-state index < -0.39 is 23.7 Å². The largest absolute Gasteiger partial charge is 0.426 e. The summed E-state index contributed by atoms with van der Waals surface area (Å²) in [6.45, 7) is 2.08. The molecule has 0 spiro atoms. The van der Waals surface area contributed by atoms with E-state index in [1.54, 1.807) is 35.2 Å². The zero-order valence-electron chi connectivity index (χ0n) is 23.8. The van der Waals surface area contributed by atoms with Gasteiger partial charge in [0.2, 0.25) is 17.7 Å². The number of anilines is 2. The summed E-state index contributed by atoms with van der Waals surface area (Å²) in [6, 6.07) is 28.1. The molecule has 44 heavy (non-hydrogen) atoms. The summed E-state index contributed by atoms with van der Waals surface area (Å²) in [4.78, 5) is 56.6. The molecule has 3 aliphatic carbocycles. The molecule has 4 aromatic rings. The minimum atomic E-state index is -0.633. The van der Waals surface area contributed by atoms with Gasteiger partial charge in [-0.3, -0.25) is 19.2 Å². The summed E-state index contributed by atoms with van der Waals surface area (Å²) in [7, 11) is 0. The molecule has 2 aliphatic heterocycles. The smallest absolute Gasteiger partial charge is 0.316 e. The Balaban J connectivity index is 1.01. The Hall–Kier alpha value is -4.75. The molecule has 0 radical (unpaired) electrons. The maximum Gasteiger partial charge on any atom is 0.316 e. The van der Waals surface area contributed by atoms with Gasteiger partial charge in [0.15, 0.2) is 0 Å². The van der Waals surface area contributed by atoms with Crippen molar-refractivity contribution in [1.82, 2.24) is 0 Å². The molecule has 9 rings (SSSR count). The zero-order valence-corrected chi connectivity index (χ0v) is 24.5. The first-order valence-electron chi connectivity index (χ1n) is 14.8. The first kappa shape index (κ1) is 26.8. The van der Waals surface area contributed by atoms with Crippen molar-refractivity contribution < 1.29 is 23.9 Å². The molecule has 5 aliphatic rings. The third-order valence-electron chi connectivity index (χ3n) is 9.69. The van der Waals surface area contributed by atoms with Crippen LogP contribution in [0.1, 0.15) is 46.1 Å². The molecule has 0 unspecified atom stereocenters. The van der Waals surface area contributed by atoms with E-state index in [0.29, 0.717) is 16.4 Å². The standard InChI is InChI=1S/C36H27ClN2O5/c1-19-10-11-22(17-28(19)37)38-18-20(16-29(38)40)36(43)44-23-14-12-21(13-15-23)39-34(41)32-30-24-6-2-3-7-25(24)31(33(32)35(39)42)27-9-5-4-8-26(27)30/h2-15,17,20,30-33H,16,18H2,1H3/t20-,30?,31?,32-,33+/m0/s1. The average molecular weight is 603 g/mol. The van der Waals surface area contributed by atoms with Gasteiger partial charge in [-0.15, -0.1) is 0 Å². The fourth-order valence-corrected chi connectivity index (χ4v) is 7.83. The summed E-state index contributed by atoms with van der Waals surface area (Å²) in [5.41, 5.74) is 6.48. The molecule has 8 heteroatoms. The van der Waals surface area contributed by atoms with E-state index in [-0.39, 0.29) is 48.3 Å². The summed E-state index contributed by atoms with van der Waals surface area (Å²) in [6.07, 6.45) is 0.0368. The molecule has 2 heterocycles. The number of hydrogen-bond acceptors (Lipinski definition) is 5. The van der Waals surface area contributed by atoms with Crippen molar-refractivity contribution in [3.63, 3.8) is 0 Å². The van der Waals surface area contributed by atoms with Crippen LogP contribution in [0.2, 0.25) is 5.02 Å². The second-order valence-corrected chi connectivity index (χ2v) is 12.4. The van der Waals surface area contributed by atoms with Gasteiger partial charge < -0.3 is 9.64 Å². The maximum absolute atomic E-state index is 14.0. The Morgan fingerprint density at radius 3 is 1.80 bits per heavy atom. The van der Waals surface area contributed by atoms with Gasteiger partial charge in [0.05, 0.1) is 23.4 Å². The molecule has 3 amide bonds. The van der Waals surface area contributed by atoms with Gasteiger partial charge in [0, 0.05) is 35.5 Å². The highest BCUT2D eigenvalue weighted by Gasteiger charge is 2.61. The van der Waals surface area contributed by atoms with Crippen LogP contribution in [-0.4, -0.2) is 30.2 Å². The lowest BCUT2D eigenvalue weighted by atomic mass is 9.55.